The Balaban J connectivity index is 2.41. The number of nitrogens with one attached hydrogen (secondary N) is 1. The van der Waals surface area contributed by atoms with Gasteiger partial charge in [0.2, 0.25) is 0 Å². The molecule has 0 saturated heterocycles. The maximum absolute atomic E-state index is 12.2. The number of hydrogen-bond donors (Lipinski definition) is 1. The topological polar surface area (TPSA) is 29.1 Å². The number of allylic oxidation sites excluding steroid dienone is 4. The lowest BCUT2D eigenvalue weighted by atomic mass is 9.92. The Hall–Kier alpha value is -1.83. The molecule has 106 valence electrons. The number of Topliss-reactive ketones (excluding diaryl/α,β-unsaturated/α-hetero) is 1. The highest BCUT2D eigenvalue weighted by Crippen LogP contribution is 2.27. The number of benzene rings is 1. The Morgan fingerprint density at radius 1 is 1.35 bits per heavy atom. The van der Waals surface area contributed by atoms with Gasteiger partial charge in [-0.1, -0.05) is 44.2 Å². The molecule has 0 radical (unpaired) electrons. The van der Waals surface area contributed by atoms with E-state index in [1.807, 2.05) is 18.2 Å². The molecule has 1 aliphatic carbocycles. The molecule has 1 atom stereocenters. The summed E-state index contributed by atoms with van der Waals surface area (Å²) in [5.41, 5.74) is 4.19. The summed E-state index contributed by atoms with van der Waals surface area (Å²) in [5.74, 6) is 0.597. The minimum absolute atomic E-state index is 0.254. The van der Waals surface area contributed by atoms with E-state index >= 15 is 0 Å². The largest absolute Gasteiger partial charge is 0.358 e. The maximum Gasteiger partial charge on any atom is 0.164 e. The van der Waals surface area contributed by atoms with Gasteiger partial charge in [0, 0.05) is 23.4 Å². The lowest BCUT2D eigenvalue weighted by molar-refractivity contribution is -0.115. The summed E-state index contributed by atoms with van der Waals surface area (Å²) in [6.07, 6.45) is 6.58. The van der Waals surface area contributed by atoms with Crippen molar-refractivity contribution >= 4 is 11.5 Å². The monoisotopic (exact) mass is 269 g/mol. The molecule has 1 aliphatic rings. The van der Waals surface area contributed by atoms with E-state index in [0.29, 0.717) is 12.3 Å². The molecule has 0 aliphatic heterocycles. The van der Waals surface area contributed by atoms with Gasteiger partial charge in [0.25, 0.3) is 0 Å². The number of hydrogen-bond acceptors (Lipinski definition) is 2. The van der Waals surface area contributed by atoms with Gasteiger partial charge in [-0.25, -0.2) is 0 Å². The summed E-state index contributed by atoms with van der Waals surface area (Å²) in [4.78, 5) is 12.2. The minimum Gasteiger partial charge on any atom is -0.358 e. The van der Waals surface area contributed by atoms with Crippen LogP contribution in [0.25, 0.3) is 0 Å². The molecule has 2 rings (SSSR count). The number of para-hydroxylation sites is 1. The summed E-state index contributed by atoms with van der Waals surface area (Å²) in [6.45, 7) is 6.41. The number of aryl methyl sites for hydroxylation is 1. The predicted octanol–water partition coefficient (Wildman–Crippen LogP) is 4.63. The normalized spacial score (nSPS) is 18.9. The molecule has 1 aromatic rings. The molecular weight excluding hydrogens is 246 g/mol. The Morgan fingerprint density at radius 2 is 2.10 bits per heavy atom. The molecule has 0 aromatic heterocycles. The molecule has 1 unspecified atom stereocenters. The Kier molecular flexibility index (Phi) is 4.78. The van der Waals surface area contributed by atoms with Gasteiger partial charge in [0.1, 0.15) is 0 Å². The molecule has 20 heavy (non-hydrogen) atoms. The SMILES string of the molecule is CCC(C)/C(Nc1ccccc1C)=C1\C=CCCC1=O. The molecule has 0 bridgehead atoms. The second kappa shape index (κ2) is 6.56. The van der Waals surface area contributed by atoms with Gasteiger partial charge in [-0.2, -0.15) is 0 Å². The predicted molar refractivity (Wildman–Crippen MR) is 84.7 cm³/mol. The lowest BCUT2D eigenvalue weighted by Gasteiger charge is -2.22. The van der Waals surface area contributed by atoms with Crippen LogP contribution in [0.4, 0.5) is 5.69 Å². The van der Waals surface area contributed by atoms with Gasteiger partial charge in [-0.3, -0.25) is 4.79 Å². The molecule has 0 saturated carbocycles. The third kappa shape index (κ3) is 3.19. The highest BCUT2D eigenvalue weighted by Gasteiger charge is 2.19. The summed E-state index contributed by atoms with van der Waals surface area (Å²) in [5, 5.41) is 3.51. The fraction of sp³-hybridized carbons (Fsp3) is 0.389. The smallest absolute Gasteiger partial charge is 0.164 e. The first-order chi connectivity index (χ1) is 9.63. The quantitative estimate of drug-likeness (QED) is 0.808. The van der Waals surface area contributed by atoms with Crippen LogP contribution in [-0.2, 0) is 4.79 Å². The van der Waals surface area contributed by atoms with Crippen molar-refractivity contribution in [2.75, 3.05) is 5.32 Å². The van der Waals surface area contributed by atoms with Crippen LogP contribution >= 0.6 is 0 Å². The number of anilines is 1. The fourth-order valence-corrected chi connectivity index (χ4v) is 2.40. The summed E-state index contributed by atoms with van der Waals surface area (Å²) >= 11 is 0. The molecule has 0 spiro atoms. The van der Waals surface area contributed by atoms with Gasteiger partial charge in [-0.05, 0) is 37.3 Å². The lowest BCUT2D eigenvalue weighted by Crippen LogP contribution is -2.17. The van der Waals surface area contributed by atoms with Crippen molar-refractivity contribution in [3.63, 3.8) is 0 Å². The van der Waals surface area contributed by atoms with E-state index in [-0.39, 0.29) is 5.78 Å². The summed E-state index contributed by atoms with van der Waals surface area (Å²) < 4.78 is 0. The molecule has 0 fully saturated rings. The van der Waals surface area contributed by atoms with E-state index in [1.54, 1.807) is 0 Å². The molecule has 2 heteroatoms. The summed E-state index contributed by atoms with van der Waals surface area (Å²) in [7, 11) is 0. The Morgan fingerprint density at radius 3 is 2.75 bits per heavy atom. The van der Waals surface area contributed by atoms with Crippen molar-refractivity contribution in [3.8, 4) is 0 Å². The number of rotatable bonds is 4. The molecule has 2 nitrogen and oxygen atoms in total. The highest BCUT2D eigenvalue weighted by atomic mass is 16.1. The van der Waals surface area contributed by atoms with E-state index < -0.39 is 0 Å². The Labute approximate surface area is 121 Å². The second-order valence-corrected chi connectivity index (χ2v) is 5.44. The minimum atomic E-state index is 0.254. The van der Waals surface area contributed by atoms with E-state index in [9.17, 15) is 4.79 Å². The van der Waals surface area contributed by atoms with Crippen LogP contribution in [0.15, 0.2) is 47.7 Å². The summed E-state index contributed by atoms with van der Waals surface area (Å²) in [6, 6.07) is 8.20. The first kappa shape index (κ1) is 14.6. The zero-order valence-electron chi connectivity index (χ0n) is 12.6. The van der Waals surface area contributed by atoms with Crippen LogP contribution in [0, 0.1) is 12.8 Å². The van der Waals surface area contributed by atoms with Gasteiger partial charge in [0.05, 0.1) is 0 Å². The fourth-order valence-electron chi connectivity index (χ4n) is 2.40. The van der Waals surface area contributed by atoms with Crippen molar-refractivity contribution in [3.05, 3.63) is 53.3 Å². The van der Waals surface area contributed by atoms with Crippen LogP contribution < -0.4 is 5.32 Å². The Bertz CT molecular complexity index is 554. The van der Waals surface area contributed by atoms with Gasteiger partial charge < -0.3 is 5.32 Å². The standard InChI is InChI=1S/C18H23NO/c1-4-13(2)18(15-10-6-8-12-17(15)20)19-16-11-7-5-9-14(16)3/h5-7,9-11,13,19H,4,8,12H2,1-3H3/b18-15-. The first-order valence-corrected chi connectivity index (χ1v) is 7.40. The van der Waals surface area contributed by atoms with Crippen LogP contribution in [0.2, 0.25) is 0 Å². The van der Waals surface area contributed by atoms with Crippen molar-refractivity contribution < 1.29 is 4.79 Å². The number of ketones is 1. The van der Waals surface area contributed by atoms with Crippen molar-refractivity contribution in [2.45, 2.75) is 40.0 Å². The average Bonchev–Trinajstić information content (AvgIpc) is 2.47. The van der Waals surface area contributed by atoms with E-state index in [1.165, 1.54) is 5.56 Å². The van der Waals surface area contributed by atoms with E-state index in [0.717, 1.165) is 29.8 Å². The third-order valence-electron chi connectivity index (χ3n) is 3.93. The molecule has 0 amide bonds. The third-order valence-corrected chi connectivity index (χ3v) is 3.93. The zero-order valence-corrected chi connectivity index (χ0v) is 12.6. The zero-order chi connectivity index (χ0) is 14.5. The maximum atomic E-state index is 12.2. The molecular formula is C18H23NO. The first-order valence-electron chi connectivity index (χ1n) is 7.40. The highest BCUT2D eigenvalue weighted by molar-refractivity contribution is 6.00. The number of carbonyl (C=O) groups excluding carboxylic acids is 1. The molecule has 1 N–H and O–H groups in total. The van der Waals surface area contributed by atoms with Gasteiger partial charge in [-0.15, -0.1) is 0 Å². The number of carbonyl (C=O) groups is 1. The van der Waals surface area contributed by atoms with Crippen LogP contribution in [-0.4, -0.2) is 5.78 Å². The molecule has 0 heterocycles. The van der Waals surface area contributed by atoms with Gasteiger partial charge >= 0.3 is 0 Å². The molecule has 1 aromatic carbocycles. The van der Waals surface area contributed by atoms with Crippen LogP contribution in [0.3, 0.4) is 0 Å². The van der Waals surface area contributed by atoms with Crippen molar-refractivity contribution in [1.82, 2.24) is 0 Å². The van der Waals surface area contributed by atoms with Crippen molar-refractivity contribution in [2.24, 2.45) is 5.92 Å². The second-order valence-electron chi connectivity index (χ2n) is 5.44. The van der Waals surface area contributed by atoms with Crippen molar-refractivity contribution in [1.29, 1.82) is 0 Å². The van der Waals surface area contributed by atoms with E-state index in [2.05, 4.69) is 44.3 Å². The van der Waals surface area contributed by atoms with Crippen LogP contribution in [0.1, 0.15) is 38.7 Å². The van der Waals surface area contributed by atoms with Gasteiger partial charge in [0.15, 0.2) is 5.78 Å². The van der Waals surface area contributed by atoms with Crippen LogP contribution in [0.5, 0.6) is 0 Å². The average molecular weight is 269 g/mol. The van der Waals surface area contributed by atoms with E-state index in [4.69, 9.17) is 0 Å².